The summed E-state index contributed by atoms with van der Waals surface area (Å²) in [6.45, 7) is 3.76. The number of hydrogen-bond donors (Lipinski definition) is 1. The fraction of sp³-hybridized carbons (Fsp3) is 0.235. The minimum Gasteiger partial charge on any atom is -0.497 e. The Balaban J connectivity index is 2.22. The number of ether oxygens (including phenoxy) is 1. The Kier molecular flexibility index (Phi) is 5.95. The summed E-state index contributed by atoms with van der Waals surface area (Å²) in [5.74, 6) is 0.442. The van der Waals surface area contributed by atoms with Gasteiger partial charge in [-0.3, -0.25) is 4.98 Å². The molecule has 116 valence electrons. The maximum atomic E-state index is 13.2. The second-order valence-electron chi connectivity index (χ2n) is 4.81. The molecule has 5 heteroatoms. The summed E-state index contributed by atoms with van der Waals surface area (Å²) in [6.07, 6.45) is 4.74. The predicted octanol–water partition coefficient (Wildman–Crippen LogP) is 5.11. The Labute approximate surface area is 138 Å². The molecule has 0 aliphatic heterocycles. The number of nitrogens with zero attached hydrogens (tertiary/aromatic N) is 1. The van der Waals surface area contributed by atoms with Crippen molar-refractivity contribution >= 4 is 21.6 Å². The van der Waals surface area contributed by atoms with Crippen molar-refractivity contribution in [2.45, 2.75) is 18.9 Å². The number of halogens is 2. The van der Waals surface area contributed by atoms with Crippen LogP contribution in [0.3, 0.4) is 0 Å². The molecule has 2 rings (SSSR count). The van der Waals surface area contributed by atoms with Gasteiger partial charge in [0, 0.05) is 10.2 Å². The number of allylic oxidation sites excluding steroid dienone is 1. The van der Waals surface area contributed by atoms with Crippen LogP contribution in [0, 0.1) is 5.82 Å². The van der Waals surface area contributed by atoms with Gasteiger partial charge < -0.3 is 10.1 Å². The lowest BCUT2D eigenvalue weighted by Gasteiger charge is -2.20. The number of benzene rings is 1. The standard InChI is InChI=1S/C17H18BrFN2O/c1-3-4-5-16(17-15(18)10-12(19)11-20-17)21-13-6-8-14(22-2)9-7-13/h3,6-11,16,21H,1,4-5H2,2H3. The van der Waals surface area contributed by atoms with Crippen molar-refractivity contribution < 1.29 is 9.13 Å². The molecule has 0 spiro atoms. The van der Waals surface area contributed by atoms with Gasteiger partial charge in [-0.05, 0) is 59.1 Å². The second-order valence-corrected chi connectivity index (χ2v) is 5.67. The van der Waals surface area contributed by atoms with Gasteiger partial charge in [-0.25, -0.2) is 4.39 Å². The lowest BCUT2D eigenvalue weighted by atomic mass is 10.1. The van der Waals surface area contributed by atoms with E-state index in [-0.39, 0.29) is 11.9 Å². The maximum Gasteiger partial charge on any atom is 0.142 e. The average molecular weight is 365 g/mol. The molecule has 0 saturated heterocycles. The van der Waals surface area contributed by atoms with E-state index in [1.807, 2.05) is 30.3 Å². The zero-order valence-electron chi connectivity index (χ0n) is 12.4. The zero-order chi connectivity index (χ0) is 15.9. The first kappa shape index (κ1) is 16.5. The van der Waals surface area contributed by atoms with E-state index in [2.05, 4.69) is 32.8 Å². The van der Waals surface area contributed by atoms with Gasteiger partial charge in [0.25, 0.3) is 0 Å². The van der Waals surface area contributed by atoms with Crippen LogP contribution in [0.4, 0.5) is 10.1 Å². The molecule has 1 unspecified atom stereocenters. The third-order valence-electron chi connectivity index (χ3n) is 3.26. The summed E-state index contributed by atoms with van der Waals surface area (Å²) in [5, 5.41) is 3.42. The van der Waals surface area contributed by atoms with E-state index < -0.39 is 0 Å². The summed E-state index contributed by atoms with van der Waals surface area (Å²) in [7, 11) is 1.63. The molecule has 1 aromatic carbocycles. The molecule has 0 radical (unpaired) electrons. The van der Waals surface area contributed by atoms with Crippen molar-refractivity contribution in [3.05, 3.63) is 65.2 Å². The quantitative estimate of drug-likeness (QED) is 0.693. The number of hydrogen-bond acceptors (Lipinski definition) is 3. The maximum absolute atomic E-state index is 13.2. The molecule has 1 atom stereocenters. The first-order chi connectivity index (χ1) is 10.6. The molecule has 0 aliphatic rings. The van der Waals surface area contributed by atoms with Gasteiger partial charge in [-0.15, -0.1) is 6.58 Å². The van der Waals surface area contributed by atoms with E-state index in [4.69, 9.17) is 4.74 Å². The van der Waals surface area contributed by atoms with Crippen molar-refractivity contribution in [3.8, 4) is 5.75 Å². The van der Waals surface area contributed by atoms with E-state index >= 15 is 0 Å². The monoisotopic (exact) mass is 364 g/mol. The summed E-state index contributed by atoms with van der Waals surface area (Å²) < 4.78 is 19.0. The lowest BCUT2D eigenvalue weighted by molar-refractivity contribution is 0.415. The SMILES string of the molecule is C=CCCC(Nc1ccc(OC)cc1)c1ncc(F)cc1Br. The summed E-state index contributed by atoms with van der Waals surface area (Å²) in [5.41, 5.74) is 1.73. The lowest BCUT2D eigenvalue weighted by Crippen LogP contribution is -2.13. The number of aromatic nitrogens is 1. The van der Waals surface area contributed by atoms with Crippen molar-refractivity contribution in [1.29, 1.82) is 0 Å². The topological polar surface area (TPSA) is 34.1 Å². The molecule has 0 aliphatic carbocycles. The van der Waals surface area contributed by atoms with Crippen LogP contribution in [-0.4, -0.2) is 12.1 Å². The highest BCUT2D eigenvalue weighted by Crippen LogP contribution is 2.29. The van der Waals surface area contributed by atoms with Crippen LogP contribution in [0.5, 0.6) is 5.75 Å². The van der Waals surface area contributed by atoms with Gasteiger partial charge >= 0.3 is 0 Å². The van der Waals surface area contributed by atoms with Crippen LogP contribution in [0.1, 0.15) is 24.6 Å². The van der Waals surface area contributed by atoms with Gasteiger partial charge in [0.05, 0.1) is 25.0 Å². The molecule has 22 heavy (non-hydrogen) atoms. The highest BCUT2D eigenvalue weighted by atomic mass is 79.9. The number of methoxy groups -OCH3 is 1. The van der Waals surface area contributed by atoms with Crippen LogP contribution >= 0.6 is 15.9 Å². The predicted molar refractivity (Wildman–Crippen MR) is 90.7 cm³/mol. The van der Waals surface area contributed by atoms with Gasteiger partial charge in [0.15, 0.2) is 0 Å². The summed E-state index contributed by atoms with van der Waals surface area (Å²) >= 11 is 3.39. The Morgan fingerprint density at radius 3 is 2.73 bits per heavy atom. The fourth-order valence-corrected chi connectivity index (χ4v) is 2.73. The van der Waals surface area contributed by atoms with Gasteiger partial charge in [0.1, 0.15) is 11.6 Å². The average Bonchev–Trinajstić information content (AvgIpc) is 2.52. The minimum absolute atomic E-state index is 0.0404. The molecule has 0 saturated carbocycles. The summed E-state index contributed by atoms with van der Waals surface area (Å²) in [4.78, 5) is 4.22. The molecule has 0 bridgehead atoms. The molecule has 1 N–H and O–H groups in total. The number of nitrogens with one attached hydrogen (secondary N) is 1. The molecule has 2 aromatic rings. The molecule has 0 amide bonds. The van der Waals surface area contributed by atoms with Crippen LogP contribution < -0.4 is 10.1 Å². The van der Waals surface area contributed by atoms with E-state index in [9.17, 15) is 4.39 Å². The first-order valence-electron chi connectivity index (χ1n) is 6.96. The van der Waals surface area contributed by atoms with E-state index in [1.54, 1.807) is 7.11 Å². The van der Waals surface area contributed by atoms with E-state index in [0.717, 1.165) is 30.0 Å². The highest BCUT2D eigenvalue weighted by molar-refractivity contribution is 9.10. The Bertz CT molecular complexity index is 631. The smallest absolute Gasteiger partial charge is 0.142 e. The van der Waals surface area contributed by atoms with Gasteiger partial charge in [-0.1, -0.05) is 6.08 Å². The zero-order valence-corrected chi connectivity index (χ0v) is 13.9. The Morgan fingerprint density at radius 2 is 2.14 bits per heavy atom. The molecule has 3 nitrogen and oxygen atoms in total. The van der Waals surface area contributed by atoms with E-state index in [0.29, 0.717) is 4.47 Å². The molecule has 0 fully saturated rings. The van der Waals surface area contributed by atoms with Crippen LogP contribution in [0.15, 0.2) is 53.7 Å². The van der Waals surface area contributed by atoms with Crippen LogP contribution in [0.2, 0.25) is 0 Å². The molecule has 1 aromatic heterocycles. The normalized spacial score (nSPS) is 11.8. The number of anilines is 1. The number of pyridine rings is 1. The minimum atomic E-state index is -0.359. The largest absolute Gasteiger partial charge is 0.497 e. The third kappa shape index (κ3) is 4.31. The van der Waals surface area contributed by atoms with Crippen molar-refractivity contribution in [2.24, 2.45) is 0 Å². The van der Waals surface area contributed by atoms with Crippen LogP contribution in [-0.2, 0) is 0 Å². The first-order valence-corrected chi connectivity index (χ1v) is 7.75. The van der Waals surface area contributed by atoms with Gasteiger partial charge in [-0.2, -0.15) is 0 Å². The molecular formula is C17H18BrFN2O. The van der Waals surface area contributed by atoms with Gasteiger partial charge in [0.2, 0.25) is 0 Å². The Hall–Kier alpha value is -1.88. The van der Waals surface area contributed by atoms with Crippen molar-refractivity contribution in [1.82, 2.24) is 4.98 Å². The molecule has 1 heterocycles. The van der Waals surface area contributed by atoms with E-state index in [1.165, 1.54) is 12.3 Å². The van der Waals surface area contributed by atoms with Crippen molar-refractivity contribution in [3.63, 3.8) is 0 Å². The summed E-state index contributed by atoms with van der Waals surface area (Å²) in [6, 6.07) is 9.05. The number of rotatable bonds is 7. The highest BCUT2D eigenvalue weighted by Gasteiger charge is 2.16. The molecular weight excluding hydrogens is 347 g/mol. The second kappa shape index (κ2) is 7.94. The fourth-order valence-electron chi connectivity index (χ4n) is 2.13. The van der Waals surface area contributed by atoms with Crippen LogP contribution in [0.25, 0.3) is 0 Å². The third-order valence-corrected chi connectivity index (χ3v) is 3.89. The van der Waals surface area contributed by atoms with Crippen molar-refractivity contribution in [2.75, 3.05) is 12.4 Å². The Morgan fingerprint density at radius 1 is 1.41 bits per heavy atom.